The fourth-order valence-electron chi connectivity index (χ4n) is 2.09. The average Bonchev–Trinajstić information content (AvgIpc) is 2.37. The van der Waals surface area contributed by atoms with E-state index in [-0.39, 0.29) is 0 Å². The molecule has 0 N–H and O–H groups in total. The molecule has 1 aliphatic rings. The maximum Gasteiger partial charge on any atom is 0.168 e. The van der Waals surface area contributed by atoms with Crippen molar-refractivity contribution in [3.8, 4) is 0 Å². The van der Waals surface area contributed by atoms with Gasteiger partial charge in [-0.15, -0.1) is 0 Å². The van der Waals surface area contributed by atoms with Gasteiger partial charge in [0.05, 0.1) is 0 Å². The van der Waals surface area contributed by atoms with Gasteiger partial charge in [-0.05, 0) is 26.2 Å². The van der Waals surface area contributed by atoms with Gasteiger partial charge in [0.1, 0.15) is 0 Å². The summed E-state index contributed by atoms with van der Waals surface area (Å²) < 4.78 is 1.46. The number of rotatable bonds is 0. The van der Waals surface area contributed by atoms with Crippen molar-refractivity contribution in [1.29, 1.82) is 0 Å². The van der Waals surface area contributed by atoms with Crippen LogP contribution in [0.25, 0.3) is 0 Å². The van der Waals surface area contributed by atoms with Crippen LogP contribution in [0.15, 0.2) is 46.5 Å². The molecule has 0 aromatic heterocycles. The molecule has 0 bridgehead atoms. The Morgan fingerprint density at radius 1 is 0.833 bits per heavy atom. The minimum Gasteiger partial charge on any atom is -0.156 e. The Bertz CT molecular complexity index is 332. The zero-order valence-electron chi connectivity index (χ0n) is 11.7. The largest absolute Gasteiger partial charge is 0.168 e. The molecule has 0 saturated heterocycles. The molecular weight excluding hydrogens is 231 g/mol. The molecule has 1 aliphatic carbocycles. The van der Waals surface area contributed by atoms with Gasteiger partial charge in [0.25, 0.3) is 0 Å². The quantitative estimate of drug-likeness (QED) is 0.520. The predicted molar refractivity (Wildman–Crippen MR) is 82.8 cm³/mol. The van der Waals surface area contributed by atoms with Crippen LogP contribution < -0.4 is 0 Å². The first kappa shape index (κ1) is 15.5. The normalized spacial score (nSPS) is 20.3. The highest BCUT2D eigenvalue weighted by molar-refractivity contribution is 6.22. The highest BCUT2D eigenvalue weighted by Crippen LogP contribution is 2.14. The van der Waals surface area contributed by atoms with Crippen molar-refractivity contribution >= 4 is 16.3 Å². The lowest BCUT2D eigenvalue weighted by Gasteiger charge is -2.06. The van der Waals surface area contributed by atoms with Gasteiger partial charge in [-0.3, -0.25) is 0 Å². The second kappa shape index (κ2) is 10.4. The van der Waals surface area contributed by atoms with Crippen LogP contribution in [0.2, 0.25) is 0 Å². The molecule has 0 spiro atoms. The minimum atomic E-state index is 1.22. The Kier molecular flexibility index (Phi) is 9.00. The molecule has 0 saturated carbocycles. The smallest absolute Gasteiger partial charge is 0.156 e. The van der Waals surface area contributed by atoms with Crippen LogP contribution in [0.3, 0.4) is 0 Å². The summed E-state index contributed by atoms with van der Waals surface area (Å²) in [5.74, 6) is 0. The number of hydrogen-bond donors (Lipinski definition) is 0. The third kappa shape index (κ3) is 7.75. The van der Waals surface area contributed by atoms with E-state index in [1.54, 1.807) is 0 Å². The predicted octanol–water partition coefficient (Wildman–Crippen LogP) is 5.23. The van der Waals surface area contributed by atoms with Crippen molar-refractivity contribution in [2.45, 2.75) is 58.3 Å². The summed E-state index contributed by atoms with van der Waals surface area (Å²) in [6.07, 6.45) is 23.7. The van der Waals surface area contributed by atoms with E-state index in [4.69, 9.17) is 0 Å². The van der Waals surface area contributed by atoms with E-state index in [2.05, 4.69) is 59.7 Å². The molecular formula is C17H25Al. The van der Waals surface area contributed by atoms with Gasteiger partial charge in [-0.2, -0.15) is 4.44 Å². The molecule has 0 atom stereocenters. The fourth-order valence-corrected chi connectivity index (χ4v) is 2.39. The highest BCUT2D eigenvalue weighted by atomic mass is 27.0. The van der Waals surface area contributed by atoms with Crippen molar-refractivity contribution in [1.82, 2.24) is 0 Å². The molecule has 0 fully saturated rings. The summed E-state index contributed by atoms with van der Waals surface area (Å²) in [7, 11) is 0. The molecule has 0 aliphatic heterocycles. The van der Waals surface area contributed by atoms with Crippen LogP contribution in [0.5, 0.6) is 0 Å². The monoisotopic (exact) mass is 256 g/mol. The number of allylic oxidation sites excluding steroid dienone is 8. The van der Waals surface area contributed by atoms with E-state index in [9.17, 15) is 0 Å². The van der Waals surface area contributed by atoms with Crippen molar-refractivity contribution in [3.05, 3.63) is 46.5 Å². The van der Waals surface area contributed by atoms with Crippen molar-refractivity contribution < 1.29 is 0 Å². The Hall–Kier alpha value is -0.508. The van der Waals surface area contributed by atoms with Crippen molar-refractivity contribution in [3.63, 3.8) is 0 Å². The van der Waals surface area contributed by atoms with Crippen molar-refractivity contribution in [2.75, 3.05) is 0 Å². The molecule has 0 amide bonds. The molecule has 0 aromatic carbocycles. The zero-order chi connectivity index (χ0) is 13.1. The minimum absolute atomic E-state index is 1.22. The van der Waals surface area contributed by atoms with E-state index in [0.29, 0.717) is 0 Å². The Labute approximate surface area is 121 Å². The van der Waals surface area contributed by atoms with Crippen LogP contribution >= 0.6 is 0 Å². The molecule has 0 aromatic rings. The second-order valence-corrected chi connectivity index (χ2v) is 5.74. The van der Waals surface area contributed by atoms with Crippen LogP contribution in [0, 0.1) is 0 Å². The summed E-state index contributed by atoms with van der Waals surface area (Å²) in [5.41, 5.74) is 1.39. The van der Waals surface area contributed by atoms with Gasteiger partial charge in [-0.1, -0.05) is 74.1 Å². The highest BCUT2D eigenvalue weighted by Gasteiger charge is 1.95. The molecule has 18 heavy (non-hydrogen) atoms. The summed E-state index contributed by atoms with van der Waals surface area (Å²) >= 11 is 2.90. The topological polar surface area (TPSA) is 0 Å². The van der Waals surface area contributed by atoms with E-state index in [1.807, 2.05) is 0 Å². The molecule has 0 unspecified atom stereocenters. The lowest BCUT2D eigenvalue weighted by Crippen LogP contribution is -1.88. The maximum atomic E-state index is 2.90. The van der Waals surface area contributed by atoms with Gasteiger partial charge >= 0.3 is 0 Å². The lowest BCUT2D eigenvalue weighted by atomic mass is 10.1. The average molecular weight is 256 g/mol. The van der Waals surface area contributed by atoms with Crippen LogP contribution in [-0.4, -0.2) is 16.3 Å². The molecule has 0 nitrogen and oxygen atoms in total. The molecule has 1 rings (SSSR count). The first-order valence-electron chi connectivity index (χ1n) is 7.26. The number of hydrogen-bond acceptors (Lipinski definition) is 0. The molecule has 1 heteroatoms. The molecule has 96 valence electrons. The summed E-state index contributed by atoms with van der Waals surface area (Å²) in [6.45, 7) is 2.20. The van der Waals surface area contributed by atoms with E-state index in [1.165, 1.54) is 61.4 Å². The SMILES string of the molecule is CC1=[C]([Al])CCCCCCCCC=CC=CC=C1. The maximum absolute atomic E-state index is 2.90. The van der Waals surface area contributed by atoms with E-state index < -0.39 is 0 Å². The summed E-state index contributed by atoms with van der Waals surface area (Å²) in [5, 5.41) is 0. The lowest BCUT2D eigenvalue weighted by molar-refractivity contribution is 0.598. The first-order chi connectivity index (χ1) is 8.80. The van der Waals surface area contributed by atoms with E-state index in [0.717, 1.165) is 0 Å². The third-order valence-electron chi connectivity index (χ3n) is 3.39. The van der Waals surface area contributed by atoms with Gasteiger partial charge < -0.3 is 0 Å². The fraction of sp³-hybridized carbons (Fsp3) is 0.529. The molecule has 0 heterocycles. The molecule has 2 radical (unpaired) electrons. The Morgan fingerprint density at radius 2 is 1.50 bits per heavy atom. The summed E-state index contributed by atoms with van der Waals surface area (Å²) in [6, 6.07) is 0. The van der Waals surface area contributed by atoms with Crippen LogP contribution in [0.4, 0.5) is 0 Å². The standard InChI is InChI=1S/C17H25.Al/c1-17-15-13-11-9-7-5-3-2-4-6-8-10-12-14-16-17;/h5,7,9,11,13,15H,2-4,6,8,10,12,14H2,1H3;. The van der Waals surface area contributed by atoms with E-state index >= 15 is 0 Å². The van der Waals surface area contributed by atoms with Gasteiger partial charge in [0, 0.05) is 0 Å². The second-order valence-electron chi connectivity index (χ2n) is 5.04. The summed E-state index contributed by atoms with van der Waals surface area (Å²) in [4.78, 5) is 0. The van der Waals surface area contributed by atoms with Crippen molar-refractivity contribution in [2.24, 2.45) is 0 Å². The van der Waals surface area contributed by atoms with Gasteiger partial charge in [-0.25, -0.2) is 0 Å². The van der Waals surface area contributed by atoms with Gasteiger partial charge in [0.15, 0.2) is 16.3 Å². The Balaban J connectivity index is 2.55. The van der Waals surface area contributed by atoms with Crippen LogP contribution in [0.1, 0.15) is 58.3 Å². The Morgan fingerprint density at radius 3 is 2.33 bits per heavy atom. The zero-order valence-corrected chi connectivity index (χ0v) is 12.9. The third-order valence-corrected chi connectivity index (χ3v) is 4.13. The van der Waals surface area contributed by atoms with Crippen LogP contribution in [-0.2, 0) is 0 Å². The van der Waals surface area contributed by atoms with Gasteiger partial charge in [0.2, 0.25) is 0 Å². The first-order valence-corrected chi connectivity index (χ1v) is 7.83.